The van der Waals surface area contributed by atoms with Gasteiger partial charge in [0.15, 0.2) is 0 Å². The molecule has 5 nitrogen and oxygen atoms in total. The molecule has 0 aliphatic carbocycles. The van der Waals surface area contributed by atoms with Crippen molar-refractivity contribution in [2.24, 2.45) is 5.92 Å². The topological polar surface area (TPSA) is 66.8 Å². The number of carboxylic acid groups (broad SMARTS) is 1. The molecule has 22 heavy (non-hydrogen) atoms. The maximum atomic E-state index is 12.7. The first-order valence-electron chi connectivity index (χ1n) is 7.64. The highest BCUT2D eigenvalue weighted by atomic mass is 16.5. The second-order valence-corrected chi connectivity index (χ2v) is 6.02. The van der Waals surface area contributed by atoms with Crippen molar-refractivity contribution in [2.45, 2.75) is 32.6 Å². The van der Waals surface area contributed by atoms with Crippen LogP contribution in [-0.4, -0.2) is 42.1 Å². The molecule has 0 aromatic heterocycles. The van der Waals surface area contributed by atoms with Crippen molar-refractivity contribution >= 4 is 11.9 Å². The first-order chi connectivity index (χ1) is 10.4. The number of likely N-dealkylation sites (tertiary alicyclic amines) is 1. The van der Waals surface area contributed by atoms with Crippen molar-refractivity contribution in [1.82, 2.24) is 4.90 Å². The lowest BCUT2D eigenvalue weighted by Gasteiger charge is -2.30. The van der Waals surface area contributed by atoms with E-state index in [1.165, 1.54) is 0 Å². The summed E-state index contributed by atoms with van der Waals surface area (Å²) in [4.78, 5) is 25.5. The van der Waals surface area contributed by atoms with E-state index in [1.54, 1.807) is 12.0 Å². The molecule has 1 aliphatic rings. The first kappa shape index (κ1) is 16.3. The van der Waals surface area contributed by atoms with E-state index in [-0.39, 0.29) is 11.8 Å². The molecule has 5 heteroatoms. The highest BCUT2D eigenvalue weighted by Gasteiger charge is 2.28. The Morgan fingerprint density at radius 3 is 2.41 bits per heavy atom. The van der Waals surface area contributed by atoms with E-state index in [2.05, 4.69) is 13.8 Å². The Morgan fingerprint density at radius 2 is 1.91 bits per heavy atom. The van der Waals surface area contributed by atoms with Crippen LogP contribution in [0.1, 0.15) is 48.5 Å². The predicted octanol–water partition coefficient (Wildman–Crippen LogP) is 2.76. The minimum absolute atomic E-state index is 0.0804. The highest BCUT2D eigenvalue weighted by Crippen LogP contribution is 2.27. The van der Waals surface area contributed by atoms with Gasteiger partial charge in [0.2, 0.25) is 0 Å². The Bertz CT molecular complexity index is 560. The number of benzene rings is 1. The Morgan fingerprint density at radius 1 is 1.27 bits per heavy atom. The number of carbonyl (C=O) groups excluding carboxylic acids is 1. The monoisotopic (exact) mass is 305 g/mol. The number of nitrogens with zero attached hydrogens (tertiary/aromatic N) is 1. The number of rotatable bonds is 4. The number of carboxylic acids is 1. The lowest BCUT2D eigenvalue weighted by Crippen LogP contribution is -2.40. The first-order valence-corrected chi connectivity index (χ1v) is 7.64. The summed E-state index contributed by atoms with van der Waals surface area (Å²) in [5.41, 5.74) is 1.65. The van der Waals surface area contributed by atoms with Crippen LogP contribution >= 0.6 is 0 Å². The molecule has 0 atom stereocenters. The molecule has 0 radical (unpaired) electrons. The van der Waals surface area contributed by atoms with Crippen LogP contribution in [0.5, 0.6) is 5.75 Å². The minimum Gasteiger partial charge on any atom is -0.496 e. The summed E-state index contributed by atoms with van der Waals surface area (Å²) in [5, 5.41) is 9.04. The SMILES string of the molecule is COc1ccc(C(C)C)cc1C(=O)N1CCC(C(=O)O)CC1. The molecule has 1 saturated heterocycles. The molecule has 1 fully saturated rings. The Hall–Kier alpha value is -2.04. The third kappa shape index (κ3) is 3.40. The molecule has 0 spiro atoms. The molecule has 1 aromatic rings. The van der Waals surface area contributed by atoms with Gasteiger partial charge in [-0.2, -0.15) is 0 Å². The van der Waals surface area contributed by atoms with Gasteiger partial charge in [0.25, 0.3) is 5.91 Å². The average Bonchev–Trinajstić information content (AvgIpc) is 2.53. The fourth-order valence-corrected chi connectivity index (χ4v) is 2.75. The lowest BCUT2D eigenvalue weighted by molar-refractivity contribution is -0.143. The molecular weight excluding hydrogens is 282 g/mol. The number of ether oxygens (including phenoxy) is 1. The van der Waals surface area contributed by atoms with Crippen LogP contribution in [0.2, 0.25) is 0 Å². The zero-order valence-corrected chi connectivity index (χ0v) is 13.3. The van der Waals surface area contributed by atoms with Gasteiger partial charge in [-0.25, -0.2) is 0 Å². The summed E-state index contributed by atoms with van der Waals surface area (Å²) in [7, 11) is 1.55. The van der Waals surface area contributed by atoms with Crippen LogP contribution < -0.4 is 4.74 Å². The number of piperidine rings is 1. The third-order valence-corrected chi connectivity index (χ3v) is 4.25. The van der Waals surface area contributed by atoms with Crippen LogP contribution in [-0.2, 0) is 4.79 Å². The number of hydrogen-bond acceptors (Lipinski definition) is 3. The Labute approximate surface area is 130 Å². The third-order valence-electron chi connectivity index (χ3n) is 4.25. The molecule has 1 aromatic carbocycles. The highest BCUT2D eigenvalue weighted by molar-refractivity contribution is 5.97. The molecule has 1 N–H and O–H groups in total. The second-order valence-electron chi connectivity index (χ2n) is 6.02. The van der Waals surface area contributed by atoms with E-state index in [9.17, 15) is 9.59 Å². The zero-order valence-electron chi connectivity index (χ0n) is 13.3. The summed E-state index contributed by atoms with van der Waals surface area (Å²) in [6.07, 6.45) is 1.01. The van der Waals surface area contributed by atoms with Gasteiger partial charge in [-0.3, -0.25) is 9.59 Å². The summed E-state index contributed by atoms with van der Waals surface area (Å²) >= 11 is 0. The molecule has 0 unspecified atom stereocenters. The zero-order chi connectivity index (χ0) is 16.3. The minimum atomic E-state index is -0.772. The van der Waals surface area contributed by atoms with E-state index in [0.29, 0.717) is 43.2 Å². The lowest BCUT2D eigenvalue weighted by atomic mass is 9.95. The van der Waals surface area contributed by atoms with Gasteiger partial charge >= 0.3 is 5.97 Å². The van der Waals surface area contributed by atoms with Crippen LogP contribution in [0, 0.1) is 5.92 Å². The van der Waals surface area contributed by atoms with Gasteiger partial charge < -0.3 is 14.7 Å². The summed E-state index contributed by atoms with van der Waals surface area (Å²) in [6, 6.07) is 5.68. The molecule has 120 valence electrons. The van der Waals surface area contributed by atoms with Gasteiger partial charge in [0.1, 0.15) is 5.75 Å². The maximum Gasteiger partial charge on any atom is 0.306 e. The van der Waals surface area contributed by atoms with Crippen molar-refractivity contribution in [2.75, 3.05) is 20.2 Å². The molecule has 1 amide bonds. The Kier molecular flexibility index (Phi) is 5.06. The molecule has 1 aliphatic heterocycles. The summed E-state index contributed by atoms with van der Waals surface area (Å²) < 4.78 is 5.31. The normalized spacial score (nSPS) is 15.9. The maximum absolute atomic E-state index is 12.7. The van der Waals surface area contributed by atoms with Crippen molar-refractivity contribution in [3.05, 3.63) is 29.3 Å². The van der Waals surface area contributed by atoms with Crippen molar-refractivity contribution in [3.63, 3.8) is 0 Å². The second kappa shape index (κ2) is 6.81. The van der Waals surface area contributed by atoms with Crippen LogP contribution in [0.3, 0.4) is 0 Å². The fraction of sp³-hybridized carbons (Fsp3) is 0.529. The van der Waals surface area contributed by atoms with Crippen molar-refractivity contribution in [1.29, 1.82) is 0 Å². The molecule has 0 saturated carbocycles. The van der Waals surface area contributed by atoms with Gasteiger partial charge in [0, 0.05) is 13.1 Å². The smallest absolute Gasteiger partial charge is 0.306 e. The molecule has 1 heterocycles. The quantitative estimate of drug-likeness (QED) is 0.929. The average molecular weight is 305 g/mol. The van der Waals surface area contributed by atoms with E-state index in [1.807, 2.05) is 18.2 Å². The van der Waals surface area contributed by atoms with Gasteiger partial charge in [0.05, 0.1) is 18.6 Å². The fourth-order valence-electron chi connectivity index (χ4n) is 2.75. The van der Waals surface area contributed by atoms with E-state index >= 15 is 0 Å². The van der Waals surface area contributed by atoms with E-state index in [0.717, 1.165) is 5.56 Å². The van der Waals surface area contributed by atoms with Crippen molar-refractivity contribution in [3.8, 4) is 5.75 Å². The van der Waals surface area contributed by atoms with E-state index < -0.39 is 5.97 Å². The van der Waals surface area contributed by atoms with Crippen LogP contribution in [0.4, 0.5) is 0 Å². The number of methoxy groups -OCH3 is 1. The molecular formula is C17H23NO4. The number of amides is 1. The number of carbonyl (C=O) groups is 2. The summed E-state index contributed by atoms with van der Waals surface area (Å²) in [5.74, 6) is -0.299. The number of aliphatic carboxylic acids is 1. The van der Waals surface area contributed by atoms with Gasteiger partial charge in [-0.05, 0) is 36.5 Å². The van der Waals surface area contributed by atoms with Crippen LogP contribution in [0.25, 0.3) is 0 Å². The molecule has 0 bridgehead atoms. The van der Waals surface area contributed by atoms with Crippen molar-refractivity contribution < 1.29 is 19.4 Å². The molecule has 2 rings (SSSR count). The largest absolute Gasteiger partial charge is 0.496 e. The number of hydrogen-bond donors (Lipinski definition) is 1. The summed E-state index contributed by atoms with van der Waals surface area (Å²) in [6.45, 7) is 5.11. The standard InChI is InChI=1S/C17H23NO4/c1-11(2)13-4-5-15(22-3)14(10-13)16(19)18-8-6-12(7-9-18)17(20)21/h4-5,10-12H,6-9H2,1-3H3,(H,20,21). The Balaban J connectivity index is 2.18. The van der Waals surface area contributed by atoms with Crippen LogP contribution in [0.15, 0.2) is 18.2 Å². The van der Waals surface area contributed by atoms with E-state index in [4.69, 9.17) is 9.84 Å². The van der Waals surface area contributed by atoms with Gasteiger partial charge in [-0.1, -0.05) is 19.9 Å². The van der Waals surface area contributed by atoms with Gasteiger partial charge in [-0.15, -0.1) is 0 Å². The predicted molar refractivity (Wildman–Crippen MR) is 83.3 cm³/mol.